The van der Waals surface area contributed by atoms with Crippen molar-refractivity contribution < 1.29 is 5.11 Å². The van der Waals surface area contributed by atoms with Gasteiger partial charge in [-0.25, -0.2) is 14.5 Å². The molecule has 0 aliphatic carbocycles. The van der Waals surface area contributed by atoms with Crippen molar-refractivity contribution in [1.82, 2.24) is 9.55 Å². The Kier molecular flexibility index (Phi) is 4.07. The zero-order valence-electron chi connectivity index (χ0n) is 13.2. The van der Waals surface area contributed by atoms with Crippen LogP contribution in [-0.4, -0.2) is 38.3 Å². The first-order valence-electron chi connectivity index (χ1n) is 7.75. The molecule has 6 nitrogen and oxygen atoms in total. The molecule has 1 aromatic carbocycles. The van der Waals surface area contributed by atoms with Crippen LogP contribution in [0.2, 0.25) is 0 Å². The number of aromatic nitrogens is 2. The standard InChI is InChI=1S/C18H14N4O2S/c23-16-13-6-2-1-5-12(13)14(11-21-18-20-9-10-25-18)17(24)22(16)15-7-3-4-8-19-15/h1-8,11,24H,9-10H2/b21-11+. The Bertz CT molecular complexity index is 1060. The van der Waals surface area contributed by atoms with Gasteiger partial charge in [0.05, 0.1) is 12.1 Å². The molecule has 0 unspecified atom stereocenters. The van der Waals surface area contributed by atoms with Gasteiger partial charge in [-0.15, -0.1) is 0 Å². The summed E-state index contributed by atoms with van der Waals surface area (Å²) in [7, 11) is 0. The molecule has 0 radical (unpaired) electrons. The first kappa shape index (κ1) is 15.6. The zero-order valence-corrected chi connectivity index (χ0v) is 14.0. The third-order valence-corrected chi connectivity index (χ3v) is 4.73. The first-order valence-corrected chi connectivity index (χ1v) is 8.74. The largest absolute Gasteiger partial charge is 0.494 e. The number of thioether (sulfide) groups is 1. The van der Waals surface area contributed by atoms with Gasteiger partial charge in [-0.2, -0.15) is 0 Å². The average molecular weight is 350 g/mol. The van der Waals surface area contributed by atoms with Crippen molar-refractivity contribution in [3.63, 3.8) is 0 Å². The van der Waals surface area contributed by atoms with E-state index in [0.717, 1.165) is 12.3 Å². The molecule has 0 fully saturated rings. The highest BCUT2D eigenvalue weighted by molar-refractivity contribution is 8.14. The molecule has 0 atom stereocenters. The molecule has 4 rings (SSSR count). The number of benzene rings is 1. The van der Waals surface area contributed by atoms with E-state index >= 15 is 0 Å². The molecule has 1 N–H and O–H groups in total. The monoisotopic (exact) mass is 350 g/mol. The van der Waals surface area contributed by atoms with Crippen LogP contribution in [0.1, 0.15) is 5.56 Å². The summed E-state index contributed by atoms with van der Waals surface area (Å²) < 4.78 is 1.20. The molecule has 3 heterocycles. The highest BCUT2D eigenvalue weighted by Crippen LogP contribution is 2.25. The molecule has 7 heteroatoms. The molecule has 3 aromatic rings. The second-order valence-electron chi connectivity index (χ2n) is 5.38. The van der Waals surface area contributed by atoms with E-state index in [0.29, 0.717) is 27.3 Å². The Labute approximate surface area is 147 Å². The van der Waals surface area contributed by atoms with Crippen LogP contribution in [0.5, 0.6) is 5.88 Å². The second-order valence-corrected chi connectivity index (χ2v) is 6.44. The summed E-state index contributed by atoms with van der Waals surface area (Å²) in [6.45, 7) is 0.748. The van der Waals surface area contributed by atoms with Crippen LogP contribution in [0.25, 0.3) is 16.6 Å². The molecule has 1 aliphatic rings. The maximum absolute atomic E-state index is 12.9. The number of fused-ring (bicyclic) bond motifs is 1. The van der Waals surface area contributed by atoms with E-state index in [1.165, 1.54) is 4.57 Å². The molecule has 1 aliphatic heterocycles. The van der Waals surface area contributed by atoms with Crippen molar-refractivity contribution in [2.75, 3.05) is 12.3 Å². The van der Waals surface area contributed by atoms with Gasteiger partial charge in [0.15, 0.2) is 5.17 Å². The fourth-order valence-electron chi connectivity index (χ4n) is 2.71. The lowest BCUT2D eigenvalue weighted by Crippen LogP contribution is -2.21. The number of rotatable bonds is 2. The van der Waals surface area contributed by atoms with Crippen molar-refractivity contribution in [3.8, 4) is 11.7 Å². The van der Waals surface area contributed by atoms with Gasteiger partial charge in [0.1, 0.15) is 5.82 Å². The molecule has 0 saturated heterocycles. The topological polar surface area (TPSA) is 79.8 Å². The van der Waals surface area contributed by atoms with Crippen LogP contribution < -0.4 is 5.56 Å². The molecule has 0 amide bonds. The third-order valence-electron chi connectivity index (χ3n) is 3.86. The number of hydrogen-bond acceptors (Lipinski definition) is 6. The molecular formula is C18H14N4O2S. The summed E-state index contributed by atoms with van der Waals surface area (Å²) >= 11 is 1.57. The van der Waals surface area contributed by atoms with Crippen LogP contribution in [0, 0.1) is 0 Å². The number of aromatic hydroxyl groups is 1. The molecule has 124 valence electrons. The van der Waals surface area contributed by atoms with E-state index in [9.17, 15) is 9.90 Å². The minimum absolute atomic E-state index is 0.185. The predicted molar refractivity (Wildman–Crippen MR) is 101 cm³/mol. The van der Waals surface area contributed by atoms with E-state index in [1.807, 2.05) is 6.07 Å². The number of aliphatic imine (C=N–C) groups is 2. The Morgan fingerprint density at radius 3 is 2.68 bits per heavy atom. The van der Waals surface area contributed by atoms with Crippen LogP contribution >= 0.6 is 11.8 Å². The lowest BCUT2D eigenvalue weighted by Gasteiger charge is -2.12. The van der Waals surface area contributed by atoms with Gasteiger partial charge in [0.25, 0.3) is 5.56 Å². The summed E-state index contributed by atoms with van der Waals surface area (Å²) in [5.74, 6) is 1.08. The van der Waals surface area contributed by atoms with Crippen LogP contribution in [0.15, 0.2) is 63.4 Å². The number of nitrogens with zero attached hydrogens (tertiary/aromatic N) is 4. The van der Waals surface area contributed by atoms with Gasteiger partial charge in [0, 0.05) is 28.9 Å². The average Bonchev–Trinajstić information content (AvgIpc) is 3.16. The lowest BCUT2D eigenvalue weighted by atomic mass is 10.1. The lowest BCUT2D eigenvalue weighted by molar-refractivity contribution is 0.435. The van der Waals surface area contributed by atoms with Crippen LogP contribution in [-0.2, 0) is 0 Å². The highest BCUT2D eigenvalue weighted by Gasteiger charge is 2.17. The Balaban J connectivity index is 1.99. The summed E-state index contributed by atoms with van der Waals surface area (Å²) in [6.07, 6.45) is 3.14. The zero-order chi connectivity index (χ0) is 17.2. The van der Waals surface area contributed by atoms with E-state index in [4.69, 9.17) is 0 Å². The molecule has 0 spiro atoms. The van der Waals surface area contributed by atoms with Gasteiger partial charge in [-0.1, -0.05) is 36.0 Å². The van der Waals surface area contributed by atoms with Gasteiger partial charge >= 0.3 is 0 Å². The minimum atomic E-state index is -0.323. The number of pyridine rings is 2. The Hall–Kier alpha value is -2.93. The Morgan fingerprint density at radius 1 is 1.16 bits per heavy atom. The summed E-state index contributed by atoms with van der Waals surface area (Å²) in [6, 6.07) is 12.3. The SMILES string of the molecule is O=c1c2ccccc2c(/C=N/C2=NCCS2)c(O)n1-c1ccccn1. The van der Waals surface area contributed by atoms with Crippen molar-refractivity contribution in [1.29, 1.82) is 0 Å². The smallest absolute Gasteiger partial charge is 0.267 e. The quantitative estimate of drug-likeness (QED) is 0.721. The van der Waals surface area contributed by atoms with Crippen molar-refractivity contribution >= 4 is 33.9 Å². The molecule has 25 heavy (non-hydrogen) atoms. The molecule has 0 saturated carbocycles. The van der Waals surface area contributed by atoms with Gasteiger partial charge in [-0.05, 0) is 18.2 Å². The van der Waals surface area contributed by atoms with Gasteiger partial charge in [0.2, 0.25) is 5.88 Å². The summed E-state index contributed by atoms with van der Waals surface area (Å²) in [5, 5.41) is 12.6. The van der Waals surface area contributed by atoms with Crippen LogP contribution in [0.4, 0.5) is 0 Å². The van der Waals surface area contributed by atoms with Gasteiger partial charge < -0.3 is 5.11 Å². The third kappa shape index (κ3) is 2.83. The number of amidine groups is 1. The second kappa shape index (κ2) is 6.52. The van der Waals surface area contributed by atoms with E-state index in [1.54, 1.807) is 60.6 Å². The van der Waals surface area contributed by atoms with E-state index in [-0.39, 0.29) is 11.4 Å². The van der Waals surface area contributed by atoms with Crippen molar-refractivity contribution in [2.24, 2.45) is 9.98 Å². The maximum atomic E-state index is 12.9. The van der Waals surface area contributed by atoms with Crippen LogP contribution in [0.3, 0.4) is 0 Å². The number of hydrogen-bond donors (Lipinski definition) is 1. The van der Waals surface area contributed by atoms with Gasteiger partial charge in [-0.3, -0.25) is 9.79 Å². The fraction of sp³-hybridized carbons (Fsp3) is 0.111. The predicted octanol–water partition coefficient (Wildman–Crippen LogP) is 2.61. The minimum Gasteiger partial charge on any atom is -0.494 e. The fourth-order valence-corrected chi connectivity index (χ4v) is 3.38. The summed E-state index contributed by atoms with van der Waals surface area (Å²) in [5.41, 5.74) is 0.146. The summed E-state index contributed by atoms with van der Waals surface area (Å²) in [4.78, 5) is 25.7. The van der Waals surface area contributed by atoms with E-state index in [2.05, 4.69) is 15.0 Å². The molecular weight excluding hydrogens is 336 g/mol. The first-order chi connectivity index (χ1) is 12.3. The van der Waals surface area contributed by atoms with Crippen molar-refractivity contribution in [2.45, 2.75) is 0 Å². The highest BCUT2D eigenvalue weighted by atomic mass is 32.2. The molecule has 0 bridgehead atoms. The van der Waals surface area contributed by atoms with E-state index < -0.39 is 0 Å². The Morgan fingerprint density at radius 2 is 1.96 bits per heavy atom. The normalized spacial score (nSPS) is 14.3. The molecule has 2 aromatic heterocycles. The van der Waals surface area contributed by atoms with Crippen molar-refractivity contribution in [3.05, 3.63) is 64.6 Å². The maximum Gasteiger partial charge on any atom is 0.267 e.